The number of hydrogen-bond donors (Lipinski definition) is 1. The maximum absolute atomic E-state index is 12.3. The van der Waals surface area contributed by atoms with Crippen LogP contribution in [0.4, 0.5) is 0 Å². The van der Waals surface area contributed by atoms with Crippen molar-refractivity contribution in [2.45, 2.75) is 31.2 Å². The normalized spacial score (nSPS) is 12.3. The first-order valence-corrected chi connectivity index (χ1v) is 7.04. The van der Waals surface area contributed by atoms with Crippen molar-refractivity contribution in [2.75, 3.05) is 6.54 Å². The molecule has 0 unspecified atom stereocenters. The van der Waals surface area contributed by atoms with Crippen LogP contribution in [0.2, 0.25) is 0 Å². The summed E-state index contributed by atoms with van der Waals surface area (Å²) in [6.07, 6.45) is 2.94. The van der Waals surface area contributed by atoms with Gasteiger partial charge in [-0.2, -0.15) is 4.31 Å². The third-order valence-electron chi connectivity index (χ3n) is 2.53. The minimum Gasteiger partial charge on any atom is -0.481 e. The molecule has 1 aromatic heterocycles. The molecule has 0 amide bonds. The fourth-order valence-corrected chi connectivity index (χ4v) is 3.32. The van der Waals surface area contributed by atoms with Crippen molar-refractivity contribution in [3.8, 4) is 0 Å². The molecule has 7 heteroatoms. The SMILES string of the molecule is CC(C)N(CCC(=O)O)S(=O)(=O)c1ccn(C)c1. The lowest BCUT2D eigenvalue weighted by Crippen LogP contribution is -2.38. The van der Waals surface area contributed by atoms with Crippen molar-refractivity contribution in [1.82, 2.24) is 8.87 Å². The van der Waals surface area contributed by atoms with Crippen molar-refractivity contribution >= 4 is 16.0 Å². The van der Waals surface area contributed by atoms with Crippen LogP contribution in [-0.4, -0.2) is 41.0 Å². The predicted molar refractivity (Wildman–Crippen MR) is 66.7 cm³/mol. The van der Waals surface area contributed by atoms with Gasteiger partial charge in [-0.05, 0) is 19.9 Å². The predicted octanol–water partition coefficient (Wildman–Crippen LogP) is 0.899. The summed E-state index contributed by atoms with van der Waals surface area (Å²) in [4.78, 5) is 10.8. The van der Waals surface area contributed by atoms with Crippen LogP contribution in [0, 0.1) is 0 Å². The minimum absolute atomic E-state index is 0.0236. The number of carboxylic acid groups (broad SMARTS) is 1. The van der Waals surface area contributed by atoms with Crippen LogP contribution in [-0.2, 0) is 21.9 Å². The number of carboxylic acids is 1. The van der Waals surface area contributed by atoms with Gasteiger partial charge in [0, 0.05) is 32.0 Å². The Morgan fingerprint density at radius 2 is 2.11 bits per heavy atom. The highest BCUT2D eigenvalue weighted by molar-refractivity contribution is 7.89. The molecule has 102 valence electrons. The average Bonchev–Trinajstić information content (AvgIpc) is 2.64. The summed E-state index contributed by atoms with van der Waals surface area (Å²) in [7, 11) is -1.89. The number of carbonyl (C=O) groups is 1. The summed E-state index contributed by atoms with van der Waals surface area (Å²) in [6, 6.07) is 1.22. The Morgan fingerprint density at radius 3 is 2.50 bits per heavy atom. The Labute approximate surface area is 107 Å². The zero-order valence-corrected chi connectivity index (χ0v) is 11.5. The molecule has 0 aliphatic heterocycles. The molecule has 0 spiro atoms. The molecule has 0 atom stereocenters. The van der Waals surface area contributed by atoms with E-state index in [1.807, 2.05) is 0 Å². The molecular weight excluding hydrogens is 256 g/mol. The highest BCUT2D eigenvalue weighted by Gasteiger charge is 2.27. The van der Waals surface area contributed by atoms with Gasteiger partial charge in [-0.1, -0.05) is 0 Å². The Morgan fingerprint density at radius 1 is 1.50 bits per heavy atom. The molecule has 0 bridgehead atoms. The van der Waals surface area contributed by atoms with E-state index in [1.165, 1.54) is 16.6 Å². The van der Waals surface area contributed by atoms with Gasteiger partial charge < -0.3 is 9.67 Å². The van der Waals surface area contributed by atoms with E-state index in [9.17, 15) is 13.2 Å². The van der Waals surface area contributed by atoms with E-state index < -0.39 is 16.0 Å². The lowest BCUT2D eigenvalue weighted by Gasteiger charge is -2.24. The Bertz CT molecular complexity index is 519. The lowest BCUT2D eigenvalue weighted by atomic mass is 10.3. The van der Waals surface area contributed by atoms with Gasteiger partial charge >= 0.3 is 5.97 Å². The highest BCUT2D eigenvalue weighted by atomic mass is 32.2. The van der Waals surface area contributed by atoms with Crippen molar-refractivity contribution < 1.29 is 18.3 Å². The summed E-state index contributed by atoms with van der Waals surface area (Å²) < 4.78 is 27.5. The number of aryl methyl sites for hydroxylation is 1. The number of hydrogen-bond acceptors (Lipinski definition) is 3. The third-order valence-corrected chi connectivity index (χ3v) is 4.59. The molecule has 0 aliphatic carbocycles. The van der Waals surface area contributed by atoms with Crippen molar-refractivity contribution in [3.05, 3.63) is 18.5 Å². The van der Waals surface area contributed by atoms with Gasteiger partial charge in [-0.25, -0.2) is 8.42 Å². The summed E-state index contributed by atoms with van der Waals surface area (Å²) in [5, 5.41) is 8.66. The number of aliphatic carboxylic acids is 1. The first-order valence-electron chi connectivity index (χ1n) is 5.60. The molecular formula is C11H18N2O4S. The minimum atomic E-state index is -3.63. The fourth-order valence-electron chi connectivity index (χ4n) is 1.63. The molecule has 1 heterocycles. The summed E-state index contributed by atoms with van der Waals surface area (Å²) in [6.45, 7) is 3.43. The van der Waals surface area contributed by atoms with Gasteiger partial charge in [-0.3, -0.25) is 4.79 Å². The quantitative estimate of drug-likeness (QED) is 0.835. The van der Waals surface area contributed by atoms with Gasteiger partial charge in [-0.15, -0.1) is 0 Å². The van der Waals surface area contributed by atoms with Gasteiger partial charge in [0.05, 0.1) is 11.3 Å². The van der Waals surface area contributed by atoms with E-state index in [0.29, 0.717) is 0 Å². The molecule has 0 aromatic carbocycles. The topological polar surface area (TPSA) is 79.6 Å². The van der Waals surface area contributed by atoms with Gasteiger partial charge in [0.2, 0.25) is 10.0 Å². The number of rotatable bonds is 6. The van der Waals surface area contributed by atoms with Crippen LogP contribution in [0.15, 0.2) is 23.4 Å². The van der Waals surface area contributed by atoms with Crippen LogP contribution in [0.5, 0.6) is 0 Å². The molecule has 0 radical (unpaired) electrons. The van der Waals surface area contributed by atoms with Gasteiger partial charge in [0.1, 0.15) is 0 Å². The van der Waals surface area contributed by atoms with Crippen LogP contribution in [0.1, 0.15) is 20.3 Å². The van der Waals surface area contributed by atoms with Crippen molar-refractivity contribution in [3.63, 3.8) is 0 Å². The molecule has 1 aromatic rings. The molecule has 1 rings (SSSR count). The van der Waals surface area contributed by atoms with E-state index in [-0.39, 0.29) is 23.9 Å². The maximum atomic E-state index is 12.3. The Balaban J connectivity index is 3.01. The first kappa shape index (κ1) is 14.7. The smallest absolute Gasteiger partial charge is 0.304 e. The second-order valence-corrected chi connectivity index (χ2v) is 6.26. The Kier molecular flexibility index (Phi) is 4.53. The second-order valence-electron chi connectivity index (χ2n) is 4.37. The summed E-state index contributed by atoms with van der Waals surface area (Å²) in [5.41, 5.74) is 0. The molecule has 0 aliphatic rings. The molecule has 1 N–H and O–H groups in total. The molecule has 0 saturated heterocycles. The van der Waals surface area contributed by atoms with E-state index in [4.69, 9.17) is 5.11 Å². The monoisotopic (exact) mass is 274 g/mol. The largest absolute Gasteiger partial charge is 0.481 e. The zero-order valence-electron chi connectivity index (χ0n) is 10.7. The van der Waals surface area contributed by atoms with Crippen LogP contribution >= 0.6 is 0 Å². The molecule has 6 nitrogen and oxygen atoms in total. The maximum Gasteiger partial charge on any atom is 0.304 e. The van der Waals surface area contributed by atoms with E-state index in [2.05, 4.69) is 0 Å². The van der Waals surface area contributed by atoms with Crippen LogP contribution < -0.4 is 0 Å². The van der Waals surface area contributed by atoms with Gasteiger partial charge in [0.25, 0.3) is 0 Å². The molecule has 18 heavy (non-hydrogen) atoms. The van der Waals surface area contributed by atoms with Crippen LogP contribution in [0.25, 0.3) is 0 Å². The third kappa shape index (κ3) is 3.33. The lowest BCUT2D eigenvalue weighted by molar-refractivity contribution is -0.137. The van der Waals surface area contributed by atoms with E-state index in [0.717, 1.165) is 0 Å². The van der Waals surface area contributed by atoms with Gasteiger partial charge in [0.15, 0.2) is 0 Å². The summed E-state index contributed by atoms with van der Waals surface area (Å²) in [5.74, 6) is -1.01. The van der Waals surface area contributed by atoms with E-state index >= 15 is 0 Å². The fraction of sp³-hybridized carbons (Fsp3) is 0.545. The Hall–Kier alpha value is -1.34. The number of sulfonamides is 1. The standard InChI is InChI=1S/C11H18N2O4S/c1-9(2)13(7-5-11(14)15)18(16,17)10-4-6-12(3)8-10/h4,6,8-9H,5,7H2,1-3H3,(H,14,15). The first-order chi connectivity index (χ1) is 8.25. The van der Waals surface area contributed by atoms with E-state index in [1.54, 1.807) is 31.7 Å². The zero-order chi connectivity index (χ0) is 13.9. The van der Waals surface area contributed by atoms with Crippen LogP contribution in [0.3, 0.4) is 0 Å². The number of nitrogens with zero attached hydrogens (tertiary/aromatic N) is 2. The van der Waals surface area contributed by atoms with Crippen molar-refractivity contribution in [1.29, 1.82) is 0 Å². The number of aromatic nitrogens is 1. The second kappa shape index (κ2) is 5.53. The molecule has 0 saturated carbocycles. The highest BCUT2D eigenvalue weighted by Crippen LogP contribution is 2.18. The average molecular weight is 274 g/mol. The van der Waals surface area contributed by atoms with Crippen molar-refractivity contribution in [2.24, 2.45) is 7.05 Å². The summed E-state index contributed by atoms with van der Waals surface area (Å²) >= 11 is 0. The molecule has 0 fully saturated rings.